The van der Waals surface area contributed by atoms with E-state index < -0.39 is 0 Å². The van der Waals surface area contributed by atoms with Crippen molar-refractivity contribution in [3.63, 3.8) is 0 Å². The van der Waals surface area contributed by atoms with E-state index in [0.717, 1.165) is 18.5 Å². The van der Waals surface area contributed by atoms with Crippen LogP contribution >= 0.6 is 0 Å². The monoisotopic (exact) mass is 244 g/mol. The summed E-state index contributed by atoms with van der Waals surface area (Å²) in [6.45, 7) is 2.77. The van der Waals surface area contributed by atoms with Gasteiger partial charge in [-0.15, -0.1) is 5.10 Å². The third-order valence-corrected chi connectivity index (χ3v) is 3.13. The first-order valence-corrected chi connectivity index (χ1v) is 6.28. The molecule has 0 saturated carbocycles. The Morgan fingerprint density at radius 2 is 1.94 bits per heavy atom. The van der Waals surface area contributed by atoms with Crippen LogP contribution in [0.3, 0.4) is 0 Å². The smallest absolute Gasteiger partial charge is 0.0830 e. The maximum Gasteiger partial charge on any atom is 0.0830 e. The van der Waals surface area contributed by atoms with Crippen LogP contribution in [0.1, 0.15) is 16.8 Å². The fourth-order valence-corrected chi connectivity index (χ4v) is 2.08. The molecule has 1 aromatic heterocycles. The predicted octanol–water partition coefficient (Wildman–Crippen LogP) is 1.48. The van der Waals surface area contributed by atoms with Crippen LogP contribution in [0.15, 0.2) is 30.5 Å². The Morgan fingerprint density at radius 1 is 1.22 bits per heavy atom. The first kappa shape index (κ1) is 12.8. The van der Waals surface area contributed by atoms with Crippen LogP contribution in [-0.4, -0.2) is 21.5 Å². The molecule has 2 rings (SSSR count). The first-order valence-electron chi connectivity index (χ1n) is 6.28. The van der Waals surface area contributed by atoms with Crippen molar-refractivity contribution in [2.24, 2.45) is 18.7 Å². The average molecular weight is 244 g/mol. The third-order valence-electron chi connectivity index (χ3n) is 3.13. The normalized spacial score (nSPS) is 12.6. The number of nitrogens with two attached hydrogens (primary N) is 1. The Kier molecular flexibility index (Phi) is 4.10. The van der Waals surface area contributed by atoms with E-state index >= 15 is 0 Å². The van der Waals surface area contributed by atoms with Crippen molar-refractivity contribution in [1.29, 1.82) is 0 Å². The van der Waals surface area contributed by atoms with Gasteiger partial charge < -0.3 is 5.73 Å². The molecule has 0 spiro atoms. The van der Waals surface area contributed by atoms with Crippen molar-refractivity contribution in [2.75, 3.05) is 6.54 Å². The lowest BCUT2D eigenvalue weighted by Crippen LogP contribution is -2.19. The van der Waals surface area contributed by atoms with Gasteiger partial charge in [0.2, 0.25) is 0 Å². The van der Waals surface area contributed by atoms with E-state index in [1.54, 1.807) is 4.68 Å². The summed E-state index contributed by atoms with van der Waals surface area (Å²) < 4.78 is 1.73. The number of hydrogen-bond donors (Lipinski definition) is 1. The van der Waals surface area contributed by atoms with E-state index in [-0.39, 0.29) is 0 Å². The molecular weight excluding hydrogens is 224 g/mol. The number of aromatic nitrogens is 3. The van der Waals surface area contributed by atoms with Gasteiger partial charge in [-0.05, 0) is 37.8 Å². The second kappa shape index (κ2) is 5.78. The molecule has 4 nitrogen and oxygen atoms in total. The highest BCUT2D eigenvalue weighted by atomic mass is 15.4. The van der Waals surface area contributed by atoms with Gasteiger partial charge in [-0.1, -0.05) is 35.0 Å². The maximum atomic E-state index is 5.85. The van der Waals surface area contributed by atoms with Gasteiger partial charge >= 0.3 is 0 Å². The van der Waals surface area contributed by atoms with E-state index in [9.17, 15) is 0 Å². The molecule has 0 radical (unpaired) electrons. The summed E-state index contributed by atoms with van der Waals surface area (Å²) in [7, 11) is 1.88. The SMILES string of the molecule is Cc1ccc(CC(CN)Cc2cn(C)nn2)cc1. The molecule has 0 aliphatic heterocycles. The molecule has 96 valence electrons. The van der Waals surface area contributed by atoms with Crippen LogP contribution in [0.5, 0.6) is 0 Å². The van der Waals surface area contributed by atoms with Crippen molar-refractivity contribution >= 4 is 0 Å². The fourth-order valence-electron chi connectivity index (χ4n) is 2.08. The van der Waals surface area contributed by atoms with Crippen LogP contribution in [0, 0.1) is 12.8 Å². The molecule has 1 heterocycles. The maximum absolute atomic E-state index is 5.85. The highest BCUT2D eigenvalue weighted by Crippen LogP contribution is 2.13. The van der Waals surface area contributed by atoms with Crippen molar-refractivity contribution in [3.05, 3.63) is 47.3 Å². The lowest BCUT2D eigenvalue weighted by Gasteiger charge is -2.13. The minimum absolute atomic E-state index is 0.421. The van der Waals surface area contributed by atoms with E-state index in [0.29, 0.717) is 12.5 Å². The van der Waals surface area contributed by atoms with Crippen LogP contribution in [-0.2, 0) is 19.9 Å². The molecule has 0 amide bonds. The third kappa shape index (κ3) is 3.40. The second-order valence-corrected chi connectivity index (χ2v) is 4.88. The van der Waals surface area contributed by atoms with Crippen molar-refractivity contribution in [1.82, 2.24) is 15.0 Å². The minimum Gasteiger partial charge on any atom is -0.330 e. The van der Waals surface area contributed by atoms with Gasteiger partial charge in [-0.25, -0.2) is 0 Å². The average Bonchev–Trinajstić information content (AvgIpc) is 2.77. The number of benzene rings is 1. The zero-order valence-electron chi connectivity index (χ0n) is 11.0. The Bertz CT molecular complexity index is 487. The highest BCUT2D eigenvalue weighted by Gasteiger charge is 2.11. The van der Waals surface area contributed by atoms with Crippen molar-refractivity contribution in [2.45, 2.75) is 19.8 Å². The molecule has 4 heteroatoms. The van der Waals surface area contributed by atoms with Gasteiger partial charge in [0.15, 0.2) is 0 Å². The van der Waals surface area contributed by atoms with Crippen molar-refractivity contribution < 1.29 is 0 Å². The molecule has 1 atom stereocenters. The fraction of sp³-hybridized carbons (Fsp3) is 0.429. The molecule has 0 fully saturated rings. The summed E-state index contributed by atoms with van der Waals surface area (Å²) in [5.74, 6) is 0.421. The molecule has 0 saturated heterocycles. The van der Waals surface area contributed by atoms with E-state index in [1.807, 2.05) is 13.2 Å². The number of nitrogens with zero attached hydrogens (tertiary/aromatic N) is 3. The Balaban J connectivity index is 1.99. The van der Waals surface area contributed by atoms with Crippen LogP contribution in [0.25, 0.3) is 0 Å². The second-order valence-electron chi connectivity index (χ2n) is 4.88. The van der Waals surface area contributed by atoms with E-state index in [1.165, 1.54) is 11.1 Å². The lowest BCUT2D eigenvalue weighted by molar-refractivity contribution is 0.526. The van der Waals surface area contributed by atoms with Crippen molar-refractivity contribution in [3.8, 4) is 0 Å². The lowest BCUT2D eigenvalue weighted by atomic mass is 9.95. The molecule has 2 N–H and O–H groups in total. The quantitative estimate of drug-likeness (QED) is 0.866. The van der Waals surface area contributed by atoms with E-state index in [2.05, 4.69) is 41.5 Å². The predicted molar refractivity (Wildman–Crippen MR) is 72.1 cm³/mol. The van der Waals surface area contributed by atoms with Gasteiger partial charge in [0.1, 0.15) is 0 Å². The first-order chi connectivity index (χ1) is 8.67. The molecule has 0 aliphatic carbocycles. The molecule has 2 aromatic rings. The standard InChI is InChI=1S/C14H20N4/c1-11-3-5-12(6-4-11)7-13(9-15)8-14-10-18(2)17-16-14/h3-6,10,13H,7-9,15H2,1-2H3. The molecule has 1 unspecified atom stereocenters. The summed E-state index contributed by atoms with van der Waals surface area (Å²) in [5.41, 5.74) is 9.49. The molecule has 18 heavy (non-hydrogen) atoms. The number of hydrogen-bond acceptors (Lipinski definition) is 3. The Hall–Kier alpha value is -1.68. The van der Waals surface area contributed by atoms with Gasteiger partial charge in [0.25, 0.3) is 0 Å². The number of rotatable bonds is 5. The minimum atomic E-state index is 0.421. The largest absolute Gasteiger partial charge is 0.330 e. The van der Waals surface area contributed by atoms with Gasteiger partial charge in [0.05, 0.1) is 5.69 Å². The van der Waals surface area contributed by atoms with Crippen LogP contribution in [0.4, 0.5) is 0 Å². The zero-order chi connectivity index (χ0) is 13.0. The Labute approximate surface area is 108 Å². The zero-order valence-corrected chi connectivity index (χ0v) is 11.0. The molecular formula is C14H20N4. The summed E-state index contributed by atoms with van der Waals surface area (Å²) in [6, 6.07) is 8.64. The number of aryl methyl sites for hydroxylation is 2. The topological polar surface area (TPSA) is 56.7 Å². The molecule has 1 aromatic carbocycles. The highest BCUT2D eigenvalue weighted by molar-refractivity contribution is 5.21. The van der Waals surface area contributed by atoms with Crippen LogP contribution < -0.4 is 5.73 Å². The van der Waals surface area contributed by atoms with Gasteiger partial charge in [-0.2, -0.15) is 0 Å². The summed E-state index contributed by atoms with van der Waals surface area (Å²) in [6.07, 6.45) is 3.84. The van der Waals surface area contributed by atoms with E-state index in [4.69, 9.17) is 5.73 Å². The summed E-state index contributed by atoms with van der Waals surface area (Å²) >= 11 is 0. The molecule has 0 bridgehead atoms. The summed E-state index contributed by atoms with van der Waals surface area (Å²) in [4.78, 5) is 0. The van der Waals surface area contributed by atoms with Gasteiger partial charge in [0, 0.05) is 13.2 Å². The molecule has 0 aliphatic rings. The van der Waals surface area contributed by atoms with Crippen LogP contribution in [0.2, 0.25) is 0 Å². The Morgan fingerprint density at radius 3 is 2.50 bits per heavy atom. The summed E-state index contributed by atoms with van der Waals surface area (Å²) in [5, 5.41) is 8.07. The van der Waals surface area contributed by atoms with Gasteiger partial charge in [-0.3, -0.25) is 4.68 Å².